The molecular formula is C13H22N4O2. The fourth-order valence-corrected chi connectivity index (χ4v) is 2.34. The average molecular weight is 266 g/mol. The number of aromatic nitrogens is 1. The molecule has 1 aromatic heterocycles. The third kappa shape index (κ3) is 4.33. The van der Waals surface area contributed by atoms with E-state index in [-0.39, 0.29) is 5.91 Å². The number of hydrogen-bond donors (Lipinski definition) is 2. The van der Waals surface area contributed by atoms with Crippen LogP contribution in [0.15, 0.2) is 10.6 Å². The van der Waals surface area contributed by atoms with E-state index < -0.39 is 0 Å². The van der Waals surface area contributed by atoms with Gasteiger partial charge in [-0.05, 0) is 39.9 Å². The maximum absolute atomic E-state index is 11.8. The molecule has 0 aliphatic carbocycles. The summed E-state index contributed by atoms with van der Waals surface area (Å²) in [4.78, 5) is 14.1. The zero-order valence-corrected chi connectivity index (χ0v) is 11.6. The van der Waals surface area contributed by atoms with E-state index in [1.54, 1.807) is 13.0 Å². The molecular weight excluding hydrogens is 244 g/mol. The fourth-order valence-electron chi connectivity index (χ4n) is 2.34. The SMILES string of the molecule is CNC1CCN(CCC(=O)Nc2cc(C)on2)CC1. The van der Waals surface area contributed by atoms with Crippen LogP contribution in [-0.4, -0.2) is 48.7 Å². The summed E-state index contributed by atoms with van der Waals surface area (Å²) < 4.78 is 4.90. The minimum absolute atomic E-state index is 0.0101. The Bertz CT molecular complexity index is 411. The molecule has 0 saturated carbocycles. The summed E-state index contributed by atoms with van der Waals surface area (Å²) in [6, 6.07) is 2.35. The van der Waals surface area contributed by atoms with E-state index in [1.807, 2.05) is 7.05 Å². The molecule has 19 heavy (non-hydrogen) atoms. The zero-order chi connectivity index (χ0) is 13.7. The lowest BCUT2D eigenvalue weighted by molar-refractivity contribution is -0.116. The first-order chi connectivity index (χ1) is 9.17. The average Bonchev–Trinajstić information content (AvgIpc) is 2.82. The predicted molar refractivity (Wildman–Crippen MR) is 73.0 cm³/mol. The minimum Gasteiger partial charge on any atom is -0.360 e. The lowest BCUT2D eigenvalue weighted by Gasteiger charge is -2.31. The van der Waals surface area contributed by atoms with Gasteiger partial charge in [0.25, 0.3) is 0 Å². The van der Waals surface area contributed by atoms with Crippen molar-refractivity contribution in [1.29, 1.82) is 0 Å². The van der Waals surface area contributed by atoms with Gasteiger partial charge < -0.3 is 20.1 Å². The molecule has 0 bridgehead atoms. The number of nitrogens with zero attached hydrogens (tertiary/aromatic N) is 2. The Morgan fingerprint density at radius 2 is 2.26 bits per heavy atom. The predicted octanol–water partition coefficient (Wildman–Crippen LogP) is 0.995. The number of nitrogens with one attached hydrogen (secondary N) is 2. The molecule has 0 unspecified atom stereocenters. The molecule has 1 aliphatic heterocycles. The highest BCUT2D eigenvalue weighted by molar-refractivity contribution is 5.89. The van der Waals surface area contributed by atoms with Gasteiger partial charge in [0, 0.05) is 25.1 Å². The molecule has 0 aromatic carbocycles. The smallest absolute Gasteiger partial charge is 0.226 e. The maximum atomic E-state index is 11.8. The Hall–Kier alpha value is -1.40. The minimum atomic E-state index is -0.0101. The third-order valence-electron chi connectivity index (χ3n) is 3.55. The van der Waals surface area contributed by atoms with Gasteiger partial charge in [-0.25, -0.2) is 0 Å². The van der Waals surface area contributed by atoms with Crippen molar-refractivity contribution in [1.82, 2.24) is 15.4 Å². The van der Waals surface area contributed by atoms with E-state index in [0.29, 0.717) is 24.0 Å². The molecule has 106 valence electrons. The van der Waals surface area contributed by atoms with Crippen molar-refractivity contribution in [3.8, 4) is 0 Å². The first-order valence-electron chi connectivity index (χ1n) is 6.80. The zero-order valence-electron chi connectivity index (χ0n) is 11.6. The van der Waals surface area contributed by atoms with Gasteiger partial charge in [0.2, 0.25) is 5.91 Å². The quantitative estimate of drug-likeness (QED) is 0.832. The molecule has 1 saturated heterocycles. The Labute approximate surface area is 113 Å². The van der Waals surface area contributed by atoms with E-state index in [2.05, 4.69) is 20.7 Å². The standard InChI is InChI=1S/C13H22N4O2/c1-10-9-12(16-19-10)15-13(18)5-8-17-6-3-11(14-2)4-7-17/h9,11,14H,3-8H2,1-2H3,(H,15,16,18). The van der Waals surface area contributed by atoms with Gasteiger partial charge in [-0.2, -0.15) is 0 Å². The number of likely N-dealkylation sites (tertiary alicyclic amines) is 1. The van der Waals surface area contributed by atoms with Crippen LogP contribution >= 0.6 is 0 Å². The van der Waals surface area contributed by atoms with E-state index >= 15 is 0 Å². The molecule has 1 aromatic rings. The summed E-state index contributed by atoms with van der Waals surface area (Å²) in [6.07, 6.45) is 2.80. The van der Waals surface area contributed by atoms with Gasteiger partial charge in [0.15, 0.2) is 5.82 Å². The monoisotopic (exact) mass is 266 g/mol. The number of carbonyl (C=O) groups excluding carboxylic acids is 1. The van der Waals surface area contributed by atoms with Gasteiger partial charge in [0.05, 0.1) is 0 Å². The van der Waals surface area contributed by atoms with Crippen LogP contribution in [-0.2, 0) is 4.79 Å². The number of carbonyl (C=O) groups is 1. The maximum Gasteiger partial charge on any atom is 0.226 e. The van der Waals surface area contributed by atoms with Crippen LogP contribution in [0.2, 0.25) is 0 Å². The summed E-state index contributed by atoms with van der Waals surface area (Å²) in [7, 11) is 2.01. The molecule has 6 heteroatoms. The summed E-state index contributed by atoms with van der Waals surface area (Å²) in [5.41, 5.74) is 0. The Morgan fingerprint density at radius 3 is 2.84 bits per heavy atom. The van der Waals surface area contributed by atoms with Crippen LogP contribution in [0.4, 0.5) is 5.82 Å². The first-order valence-corrected chi connectivity index (χ1v) is 6.80. The Balaban J connectivity index is 1.67. The normalized spacial score (nSPS) is 17.6. The highest BCUT2D eigenvalue weighted by atomic mass is 16.5. The number of amides is 1. The largest absolute Gasteiger partial charge is 0.360 e. The van der Waals surface area contributed by atoms with E-state index in [4.69, 9.17) is 4.52 Å². The van der Waals surface area contributed by atoms with Crippen molar-refractivity contribution < 1.29 is 9.32 Å². The van der Waals surface area contributed by atoms with Crippen LogP contribution in [0, 0.1) is 6.92 Å². The molecule has 1 amide bonds. The summed E-state index contributed by atoms with van der Waals surface area (Å²) in [6.45, 7) is 4.72. The number of anilines is 1. The van der Waals surface area contributed by atoms with Gasteiger partial charge in [-0.15, -0.1) is 0 Å². The van der Waals surface area contributed by atoms with E-state index in [9.17, 15) is 4.79 Å². The Kier molecular flexibility index (Phi) is 4.93. The van der Waals surface area contributed by atoms with Crippen LogP contribution in [0.5, 0.6) is 0 Å². The van der Waals surface area contributed by atoms with Crippen molar-refractivity contribution >= 4 is 11.7 Å². The summed E-state index contributed by atoms with van der Waals surface area (Å²) in [5.74, 6) is 1.19. The van der Waals surface area contributed by atoms with Crippen molar-refractivity contribution in [2.75, 3.05) is 32.0 Å². The van der Waals surface area contributed by atoms with E-state index in [1.165, 1.54) is 0 Å². The summed E-state index contributed by atoms with van der Waals surface area (Å²) in [5, 5.41) is 9.78. The summed E-state index contributed by atoms with van der Waals surface area (Å²) >= 11 is 0. The van der Waals surface area contributed by atoms with Crippen LogP contribution in [0.25, 0.3) is 0 Å². The first kappa shape index (κ1) is 14.0. The van der Waals surface area contributed by atoms with Gasteiger partial charge in [-0.3, -0.25) is 4.79 Å². The topological polar surface area (TPSA) is 70.4 Å². The number of piperidine rings is 1. The van der Waals surface area contributed by atoms with Crippen molar-refractivity contribution in [2.24, 2.45) is 0 Å². The molecule has 2 rings (SSSR count). The van der Waals surface area contributed by atoms with Crippen molar-refractivity contribution in [3.05, 3.63) is 11.8 Å². The molecule has 1 fully saturated rings. The Morgan fingerprint density at radius 1 is 1.53 bits per heavy atom. The van der Waals surface area contributed by atoms with Crippen molar-refractivity contribution in [3.63, 3.8) is 0 Å². The number of hydrogen-bond acceptors (Lipinski definition) is 5. The molecule has 0 radical (unpaired) electrons. The molecule has 2 N–H and O–H groups in total. The fraction of sp³-hybridized carbons (Fsp3) is 0.692. The lowest BCUT2D eigenvalue weighted by atomic mass is 10.1. The molecule has 2 heterocycles. The van der Waals surface area contributed by atoms with Crippen molar-refractivity contribution in [2.45, 2.75) is 32.2 Å². The second-order valence-corrected chi connectivity index (χ2v) is 5.03. The second-order valence-electron chi connectivity index (χ2n) is 5.03. The third-order valence-corrected chi connectivity index (χ3v) is 3.55. The van der Waals surface area contributed by atoms with Crippen LogP contribution in [0.1, 0.15) is 25.0 Å². The van der Waals surface area contributed by atoms with Gasteiger partial charge in [-0.1, -0.05) is 5.16 Å². The highest BCUT2D eigenvalue weighted by Crippen LogP contribution is 2.11. The van der Waals surface area contributed by atoms with Crippen LogP contribution < -0.4 is 10.6 Å². The molecule has 0 spiro atoms. The van der Waals surface area contributed by atoms with Crippen LogP contribution in [0.3, 0.4) is 0 Å². The van der Waals surface area contributed by atoms with Gasteiger partial charge >= 0.3 is 0 Å². The molecule has 1 aliphatic rings. The van der Waals surface area contributed by atoms with Gasteiger partial charge in [0.1, 0.15) is 5.76 Å². The lowest BCUT2D eigenvalue weighted by Crippen LogP contribution is -2.42. The second kappa shape index (κ2) is 6.68. The number of aryl methyl sites for hydroxylation is 1. The van der Waals surface area contributed by atoms with E-state index in [0.717, 1.165) is 32.5 Å². The molecule has 6 nitrogen and oxygen atoms in total. The highest BCUT2D eigenvalue weighted by Gasteiger charge is 2.18. The molecule has 0 atom stereocenters. The number of rotatable bonds is 5.